The van der Waals surface area contributed by atoms with Crippen molar-refractivity contribution in [2.75, 3.05) is 49.5 Å². The van der Waals surface area contributed by atoms with Crippen LogP contribution in [0.15, 0.2) is 48.5 Å². The van der Waals surface area contributed by atoms with Gasteiger partial charge < -0.3 is 25.3 Å². The fraction of sp³-hybridized carbons (Fsp3) is 0.400. The molecule has 2 N–H and O–H groups in total. The summed E-state index contributed by atoms with van der Waals surface area (Å²) in [5.41, 5.74) is 4.43. The summed E-state index contributed by atoms with van der Waals surface area (Å²) in [7, 11) is 0. The summed E-state index contributed by atoms with van der Waals surface area (Å²) in [6.45, 7) is 8.05. The van der Waals surface area contributed by atoms with Gasteiger partial charge in [0, 0.05) is 50.6 Å². The molecule has 2 heterocycles. The first-order valence-corrected chi connectivity index (χ1v) is 11.8. The molecule has 1 atom stereocenters. The number of hydrogen-bond donors (Lipinski definition) is 2. The van der Waals surface area contributed by atoms with E-state index in [0.717, 1.165) is 18.8 Å². The number of aryl methyl sites for hydroxylation is 2. The van der Waals surface area contributed by atoms with E-state index in [9.17, 15) is 9.59 Å². The van der Waals surface area contributed by atoms with Gasteiger partial charge in [0.25, 0.3) is 0 Å². The molecule has 4 rings (SSSR count). The van der Waals surface area contributed by atoms with Gasteiger partial charge in [-0.3, -0.25) is 9.59 Å². The van der Waals surface area contributed by atoms with E-state index in [1.54, 1.807) is 0 Å². The molecular weight excluding hydrogens is 434 g/mol. The van der Waals surface area contributed by atoms with Crippen LogP contribution in [0.5, 0.6) is 0 Å². The highest BCUT2D eigenvalue weighted by Gasteiger charge is 2.35. The van der Waals surface area contributed by atoms with Gasteiger partial charge in [-0.15, -0.1) is 0 Å². The second-order valence-corrected chi connectivity index (χ2v) is 9.02. The Hall–Kier alpha value is -3.13. The van der Waals surface area contributed by atoms with Gasteiger partial charge in [0.2, 0.25) is 11.8 Å². The predicted molar refractivity (Wildman–Crippen MR) is 135 cm³/mol. The smallest absolute Gasteiger partial charge is 0.243 e. The fourth-order valence-electron chi connectivity index (χ4n) is 4.32. The molecule has 174 valence electrons. The number of rotatable bonds is 4. The van der Waals surface area contributed by atoms with E-state index < -0.39 is 6.04 Å². The second kappa shape index (κ2) is 10.2. The van der Waals surface area contributed by atoms with Crippen molar-refractivity contribution in [3.8, 4) is 0 Å². The Morgan fingerprint density at radius 1 is 1.03 bits per heavy atom. The van der Waals surface area contributed by atoms with Crippen LogP contribution in [-0.2, 0) is 9.59 Å². The van der Waals surface area contributed by atoms with Crippen LogP contribution in [0.1, 0.15) is 17.5 Å². The lowest BCUT2D eigenvalue weighted by Crippen LogP contribution is -2.60. The summed E-state index contributed by atoms with van der Waals surface area (Å²) in [4.78, 5) is 31.8. The number of nitrogens with one attached hydrogen (secondary N) is 2. The highest BCUT2D eigenvalue weighted by Crippen LogP contribution is 2.19. The van der Waals surface area contributed by atoms with Crippen molar-refractivity contribution in [3.05, 3.63) is 59.7 Å². The Bertz CT molecular complexity index is 1020. The Morgan fingerprint density at radius 3 is 2.45 bits per heavy atom. The van der Waals surface area contributed by atoms with Gasteiger partial charge in [0.15, 0.2) is 5.11 Å². The van der Waals surface area contributed by atoms with E-state index in [1.165, 1.54) is 16.8 Å². The molecule has 2 saturated heterocycles. The predicted octanol–water partition coefficient (Wildman–Crippen LogP) is 2.54. The van der Waals surface area contributed by atoms with E-state index in [-0.39, 0.29) is 18.2 Å². The van der Waals surface area contributed by atoms with E-state index in [4.69, 9.17) is 12.2 Å². The number of piperazine rings is 2. The molecule has 0 spiro atoms. The van der Waals surface area contributed by atoms with Gasteiger partial charge in [-0.05, 0) is 61.5 Å². The summed E-state index contributed by atoms with van der Waals surface area (Å²) in [5.74, 6) is -0.162. The van der Waals surface area contributed by atoms with Crippen molar-refractivity contribution < 1.29 is 9.59 Å². The van der Waals surface area contributed by atoms with E-state index in [1.807, 2.05) is 46.2 Å². The van der Waals surface area contributed by atoms with Crippen molar-refractivity contribution in [2.45, 2.75) is 26.3 Å². The van der Waals surface area contributed by atoms with E-state index in [0.29, 0.717) is 31.3 Å². The van der Waals surface area contributed by atoms with Crippen LogP contribution in [0.3, 0.4) is 0 Å². The lowest BCUT2D eigenvalue weighted by Gasteiger charge is -2.39. The molecule has 0 aliphatic carbocycles. The summed E-state index contributed by atoms with van der Waals surface area (Å²) >= 11 is 5.64. The number of hydrogen-bond acceptors (Lipinski definition) is 4. The van der Waals surface area contributed by atoms with Crippen LogP contribution in [0.4, 0.5) is 11.4 Å². The third-order valence-electron chi connectivity index (χ3n) is 6.47. The Morgan fingerprint density at radius 2 is 1.76 bits per heavy atom. The zero-order valence-electron chi connectivity index (χ0n) is 19.2. The van der Waals surface area contributed by atoms with Crippen LogP contribution in [0.2, 0.25) is 0 Å². The van der Waals surface area contributed by atoms with E-state index >= 15 is 0 Å². The van der Waals surface area contributed by atoms with Crippen LogP contribution in [0.25, 0.3) is 0 Å². The minimum Gasteiger partial charge on any atom is -0.368 e. The maximum atomic E-state index is 13.1. The Balaban J connectivity index is 1.37. The largest absolute Gasteiger partial charge is 0.368 e. The molecule has 2 aromatic rings. The normalized spacial score (nSPS) is 18.7. The average molecular weight is 466 g/mol. The number of benzene rings is 2. The number of anilines is 2. The number of nitrogens with zero attached hydrogens (tertiary/aromatic N) is 3. The van der Waals surface area contributed by atoms with E-state index in [2.05, 4.69) is 41.5 Å². The molecule has 2 aromatic carbocycles. The van der Waals surface area contributed by atoms with Crippen molar-refractivity contribution in [3.63, 3.8) is 0 Å². The number of amides is 2. The quantitative estimate of drug-likeness (QED) is 0.677. The van der Waals surface area contributed by atoms with Crippen molar-refractivity contribution >= 4 is 40.5 Å². The monoisotopic (exact) mass is 465 g/mol. The van der Waals surface area contributed by atoms with Crippen LogP contribution in [0, 0.1) is 13.8 Å². The first-order chi connectivity index (χ1) is 15.9. The van der Waals surface area contributed by atoms with Crippen LogP contribution in [-0.4, -0.2) is 72.0 Å². The molecule has 0 unspecified atom stereocenters. The molecule has 7 nitrogen and oxygen atoms in total. The summed E-state index contributed by atoms with van der Waals surface area (Å²) in [5, 5.41) is 6.61. The van der Waals surface area contributed by atoms with Crippen molar-refractivity contribution in [1.29, 1.82) is 0 Å². The average Bonchev–Trinajstić information content (AvgIpc) is 2.83. The molecule has 0 radical (unpaired) electrons. The molecule has 33 heavy (non-hydrogen) atoms. The van der Waals surface area contributed by atoms with Gasteiger partial charge in [0.1, 0.15) is 6.04 Å². The Labute approximate surface area is 200 Å². The Kier molecular flexibility index (Phi) is 7.13. The minimum absolute atomic E-state index is 0.0104. The van der Waals surface area contributed by atoms with Gasteiger partial charge in [-0.25, -0.2) is 0 Å². The third kappa shape index (κ3) is 5.45. The highest BCUT2D eigenvalue weighted by molar-refractivity contribution is 7.80. The van der Waals surface area contributed by atoms with Crippen LogP contribution >= 0.6 is 12.2 Å². The second-order valence-electron chi connectivity index (χ2n) is 8.64. The first kappa shape index (κ1) is 23.0. The minimum atomic E-state index is -0.607. The molecule has 2 fully saturated rings. The van der Waals surface area contributed by atoms with Gasteiger partial charge in [0.05, 0.1) is 6.42 Å². The lowest BCUT2D eigenvalue weighted by molar-refractivity contribution is -0.137. The fourth-order valence-corrected chi connectivity index (χ4v) is 4.66. The lowest BCUT2D eigenvalue weighted by atomic mass is 10.1. The summed E-state index contributed by atoms with van der Waals surface area (Å²) in [6.07, 6.45) is 0.117. The molecular formula is C25H31N5O2S. The zero-order chi connectivity index (χ0) is 23.4. The standard InChI is InChI=1S/C25H31N5O2S/c1-18-8-9-20(16-19(18)2)27-25(33)30-11-10-26-24(32)22(30)17-23(31)29-14-12-28(13-15-29)21-6-4-3-5-7-21/h3-9,16,22H,10-15,17H2,1-2H3,(H,26,32)(H,27,33)/t22-/m1/s1. The molecule has 2 aliphatic heterocycles. The molecule has 8 heteroatoms. The third-order valence-corrected chi connectivity index (χ3v) is 6.81. The number of carbonyl (C=O) groups is 2. The maximum Gasteiger partial charge on any atom is 0.243 e. The molecule has 0 aromatic heterocycles. The van der Waals surface area contributed by atoms with Crippen LogP contribution < -0.4 is 15.5 Å². The number of para-hydroxylation sites is 1. The van der Waals surface area contributed by atoms with Gasteiger partial charge >= 0.3 is 0 Å². The molecule has 2 amide bonds. The summed E-state index contributed by atoms with van der Waals surface area (Å²) < 4.78 is 0. The highest BCUT2D eigenvalue weighted by atomic mass is 32.1. The summed E-state index contributed by atoms with van der Waals surface area (Å²) in [6, 6.07) is 15.7. The SMILES string of the molecule is Cc1ccc(NC(=S)N2CCNC(=O)[C@H]2CC(=O)N2CCN(c3ccccc3)CC2)cc1C. The number of thiocarbonyl (C=S) groups is 1. The van der Waals surface area contributed by atoms with Gasteiger partial charge in [-0.1, -0.05) is 24.3 Å². The molecule has 2 aliphatic rings. The van der Waals surface area contributed by atoms with Gasteiger partial charge in [-0.2, -0.15) is 0 Å². The topological polar surface area (TPSA) is 67.9 Å². The van der Waals surface area contributed by atoms with Crippen molar-refractivity contribution in [2.24, 2.45) is 0 Å². The maximum absolute atomic E-state index is 13.1. The molecule has 0 saturated carbocycles. The molecule has 0 bridgehead atoms. The number of carbonyl (C=O) groups excluding carboxylic acids is 2. The zero-order valence-corrected chi connectivity index (χ0v) is 20.0. The van der Waals surface area contributed by atoms with Crippen molar-refractivity contribution in [1.82, 2.24) is 15.1 Å². The first-order valence-electron chi connectivity index (χ1n) is 11.4.